The molecular weight excluding hydrogens is 715 g/mol. The molecule has 0 aliphatic carbocycles. The van der Waals surface area contributed by atoms with Crippen LogP contribution in [-0.4, -0.2) is 11.9 Å². The molecule has 0 radical (unpaired) electrons. The lowest BCUT2D eigenvalue weighted by Crippen LogP contribution is -2.08. The molecule has 0 spiro atoms. The minimum absolute atomic E-state index is 0.0535. The first kappa shape index (κ1) is 39.3. The maximum Gasteiger partial charge on any atom is 0.311 e. The molecule has 0 aromatic heterocycles. The van der Waals surface area contributed by atoms with Crippen LogP contribution in [0.2, 0.25) is 0 Å². The van der Waals surface area contributed by atoms with Crippen molar-refractivity contribution in [2.45, 2.75) is 57.8 Å². The van der Waals surface area contributed by atoms with Crippen LogP contribution in [0, 0.1) is 52.1 Å². The van der Waals surface area contributed by atoms with Crippen LogP contribution in [-0.2, 0) is 9.59 Å². The second-order valence-electron chi connectivity index (χ2n) is 12.5. The summed E-state index contributed by atoms with van der Waals surface area (Å²) in [4.78, 5) is 24.5. The molecule has 0 saturated carbocycles. The first-order valence-electron chi connectivity index (χ1n) is 17.1. The Morgan fingerprint density at radius 3 is 1.30 bits per heavy atom. The van der Waals surface area contributed by atoms with Crippen LogP contribution in [0.1, 0.15) is 63.4 Å². The van der Waals surface area contributed by atoms with E-state index in [1.54, 1.807) is 0 Å². The fourth-order valence-electron chi connectivity index (χ4n) is 5.83. The van der Waals surface area contributed by atoms with E-state index in [0.29, 0.717) is 12.8 Å². The molecule has 0 aliphatic rings. The highest BCUT2D eigenvalue weighted by molar-refractivity contribution is 5.75. The van der Waals surface area contributed by atoms with E-state index >= 15 is 0 Å². The number of unbranched alkanes of at least 4 members (excludes halogenated alkanes) is 6. The molecule has 12 heteroatoms. The Kier molecular flexibility index (Phi) is 13.2. The summed E-state index contributed by atoms with van der Waals surface area (Å²) in [5.74, 6) is -7.63. The fourth-order valence-corrected chi connectivity index (χ4v) is 5.83. The second kappa shape index (κ2) is 18.2. The van der Waals surface area contributed by atoms with Crippen LogP contribution in [0.15, 0.2) is 84.9 Å². The summed E-state index contributed by atoms with van der Waals surface area (Å²) in [7, 11) is 0. The van der Waals surface area contributed by atoms with Gasteiger partial charge in [0.2, 0.25) is 0 Å². The molecule has 0 saturated heterocycles. The number of hydrogen-bond donors (Lipinski definition) is 0. The van der Waals surface area contributed by atoms with Gasteiger partial charge in [-0.05, 0) is 90.2 Å². The molecule has 278 valence electrons. The van der Waals surface area contributed by atoms with Gasteiger partial charge >= 0.3 is 11.9 Å². The monoisotopic (exact) mass is 747 g/mol. The fraction of sp³-hybridized carbons (Fsp3) is 0.214. The summed E-state index contributed by atoms with van der Waals surface area (Å²) in [5, 5.41) is 8.80. The van der Waals surface area contributed by atoms with Crippen molar-refractivity contribution >= 4 is 11.9 Å². The highest BCUT2D eigenvalue weighted by atomic mass is 19.2. The Balaban J connectivity index is 0.969. The molecule has 0 heterocycles. The molecule has 5 aromatic rings. The van der Waals surface area contributed by atoms with Crippen molar-refractivity contribution in [1.82, 2.24) is 0 Å². The lowest BCUT2D eigenvalue weighted by molar-refractivity contribution is -0.135. The summed E-state index contributed by atoms with van der Waals surface area (Å²) >= 11 is 0. The lowest BCUT2D eigenvalue weighted by atomic mass is 9.98. The summed E-state index contributed by atoms with van der Waals surface area (Å²) in [6, 6.07) is 16.7. The third-order valence-corrected chi connectivity index (χ3v) is 8.56. The Labute approximate surface area is 306 Å². The molecule has 0 aliphatic heterocycles. The first-order chi connectivity index (χ1) is 25.9. The normalized spacial score (nSPS) is 10.9. The summed E-state index contributed by atoms with van der Waals surface area (Å²) in [5.41, 5.74) is -1.40. The predicted octanol–water partition coefficient (Wildman–Crippen LogP) is 11.6. The number of carbonyl (C=O) groups excluding carboxylic acids is 2. The minimum Gasteiger partial charge on any atom is -0.426 e. The molecule has 0 amide bonds. The summed E-state index contributed by atoms with van der Waals surface area (Å²) < 4.78 is 111. The largest absolute Gasteiger partial charge is 0.426 e. The number of nitriles is 1. The maximum atomic E-state index is 14.9. The number of rotatable bonds is 15. The molecule has 0 fully saturated rings. The number of hydrogen-bond acceptors (Lipinski definition) is 5. The number of esters is 2. The van der Waals surface area contributed by atoms with E-state index in [9.17, 15) is 40.3 Å². The number of halogens is 7. The maximum absolute atomic E-state index is 14.9. The topological polar surface area (TPSA) is 76.4 Å². The van der Waals surface area contributed by atoms with Gasteiger partial charge in [0, 0.05) is 36.1 Å². The Bertz CT molecular complexity index is 2150. The van der Waals surface area contributed by atoms with Crippen molar-refractivity contribution in [3.63, 3.8) is 0 Å². The Hall–Kier alpha value is -5.96. The Morgan fingerprint density at radius 1 is 0.481 bits per heavy atom. The van der Waals surface area contributed by atoms with Gasteiger partial charge in [0.05, 0.1) is 5.56 Å². The average molecular weight is 748 g/mol. The highest BCUT2D eigenvalue weighted by Crippen LogP contribution is 2.34. The number of nitrogens with zero attached hydrogens (tertiary/aromatic N) is 1. The summed E-state index contributed by atoms with van der Waals surface area (Å²) in [6.07, 6.45) is 5.25. The van der Waals surface area contributed by atoms with Crippen LogP contribution >= 0.6 is 0 Å². The van der Waals surface area contributed by atoms with Gasteiger partial charge in [-0.15, -0.1) is 0 Å². The van der Waals surface area contributed by atoms with Crippen LogP contribution in [0.4, 0.5) is 30.7 Å². The van der Waals surface area contributed by atoms with Crippen molar-refractivity contribution in [3.05, 3.63) is 131 Å². The SMILES string of the molecule is N#Cc1c(F)cc(-c2ccc(OC(=O)CCCCCCCCCC(=O)Oc3ccc(-c4cc(F)c(-c5ccc(F)cc5)c(F)c4)c(F)c3)cc2F)cc1F. The Morgan fingerprint density at radius 2 is 0.889 bits per heavy atom. The van der Waals surface area contributed by atoms with Crippen molar-refractivity contribution in [2.24, 2.45) is 0 Å². The van der Waals surface area contributed by atoms with Crippen LogP contribution in [0.3, 0.4) is 0 Å². The van der Waals surface area contributed by atoms with E-state index in [1.807, 2.05) is 0 Å². The standard InChI is InChI=1S/C42H32F7NO4/c43-28-12-10-25(11-13-28)42-38(48)20-27(21-39(42)49)32-17-15-30(23-37(32)47)54-41(52)9-7-5-3-1-2-4-6-8-40(51)53-29-14-16-31(36(46)22-29)26-18-34(44)33(24-50)35(45)19-26/h10-23H,1-9H2. The zero-order valence-corrected chi connectivity index (χ0v) is 28.7. The van der Waals surface area contributed by atoms with Crippen LogP contribution in [0.5, 0.6) is 11.5 Å². The van der Waals surface area contributed by atoms with E-state index < -0.39 is 58.2 Å². The number of ether oxygens (including phenoxy) is 2. The van der Waals surface area contributed by atoms with Gasteiger partial charge in [0.25, 0.3) is 0 Å². The smallest absolute Gasteiger partial charge is 0.311 e. The molecule has 0 atom stereocenters. The molecule has 5 aromatic carbocycles. The van der Waals surface area contributed by atoms with E-state index in [2.05, 4.69) is 0 Å². The number of benzene rings is 5. The van der Waals surface area contributed by atoms with Gasteiger partial charge in [0.1, 0.15) is 63.9 Å². The third-order valence-electron chi connectivity index (χ3n) is 8.56. The van der Waals surface area contributed by atoms with Gasteiger partial charge in [0.15, 0.2) is 0 Å². The zero-order valence-electron chi connectivity index (χ0n) is 28.7. The van der Waals surface area contributed by atoms with E-state index in [1.165, 1.54) is 42.5 Å². The van der Waals surface area contributed by atoms with Crippen LogP contribution in [0.25, 0.3) is 33.4 Å². The molecule has 0 unspecified atom stereocenters. The van der Waals surface area contributed by atoms with E-state index in [4.69, 9.17) is 14.7 Å². The molecule has 5 rings (SSSR count). The molecule has 0 bridgehead atoms. The molecular formula is C42H32F7NO4. The van der Waals surface area contributed by atoms with Crippen LogP contribution < -0.4 is 9.47 Å². The first-order valence-corrected chi connectivity index (χ1v) is 17.1. The van der Waals surface area contributed by atoms with E-state index in [0.717, 1.165) is 80.6 Å². The molecule has 5 nitrogen and oxygen atoms in total. The van der Waals surface area contributed by atoms with Gasteiger partial charge in [-0.3, -0.25) is 9.59 Å². The van der Waals surface area contributed by atoms with E-state index in [-0.39, 0.29) is 57.7 Å². The van der Waals surface area contributed by atoms with Crippen molar-refractivity contribution in [1.29, 1.82) is 5.26 Å². The van der Waals surface area contributed by atoms with Crippen molar-refractivity contribution in [3.8, 4) is 50.9 Å². The molecule has 54 heavy (non-hydrogen) atoms. The quantitative estimate of drug-likeness (QED) is 0.0461. The highest BCUT2D eigenvalue weighted by Gasteiger charge is 2.18. The minimum atomic E-state index is -1.12. The predicted molar refractivity (Wildman–Crippen MR) is 186 cm³/mol. The zero-order chi connectivity index (χ0) is 38.8. The molecule has 0 N–H and O–H groups in total. The lowest BCUT2D eigenvalue weighted by Gasteiger charge is -2.11. The van der Waals surface area contributed by atoms with Gasteiger partial charge < -0.3 is 9.47 Å². The van der Waals surface area contributed by atoms with Crippen molar-refractivity contribution < 1.29 is 49.8 Å². The average Bonchev–Trinajstić information content (AvgIpc) is 3.11. The number of carbonyl (C=O) groups is 2. The van der Waals surface area contributed by atoms with Gasteiger partial charge in [-0.1, -0.05) is 44.2 Å². The second-order valence-corrected chi connectivity index (χ2v) is 12.5. The van der Waals surface area contributed by atoms with Gasteiger partial charge in [-0.2, -0.15) is 5.26 Å². The van der Waals surface area contributed by atoms with Gasteiger partial charge in [-0.25, -0.2) is 30.7 Å². The summed E-state index contributed by atoms with van der Waals surface area (Å²) in [6.45, 7) is 0. The van der Waals surface area contributed by atoms with Crippen molar-refractivity contribution in [2.75, 3.05) is 0 Å². The third kappa shape index (κ3) is 10.1.